The summed E-state index contributed by atoms with van der Waals surface area (Å²) in [6, 6.07) is 10.2. The number of sulfonamides is 1. The van der Waals surface area contributed by atoms with Crippen LogP contribution in [-0.4, -0.2) is 20.1 Å². The Labute approximate surface area is 136 Å². The number of aryl methyl sites for hydroxylation is 1. The number of aliphatic hydroxyl groups is 1. The number of hydrogen-bond donors (Lipinski definition) is 2. The third kappa shape index (κ3) is 3.34. The number of hydrogen-bond acceptors (Lipinski definition) is 4. The first kappa shape index (κ1) is 16.2. The van der Waals surface area contributed by atoms with Crippen molar-refractivity contribution in [3.8, 4) is 0 Å². The molecule has 1 heterocycles. The molecule has 2 aromatic rings. The van der Waals surface area contributed by atoms with Crippen LogP contribution in [0.1, 0.15) is 31.1 Å². The standard InChI is InChI=1S/C17H21NO4S/c1-2-13-5-9-15(10-6-13)23(20,21)18-12-17(19,14-7-8-14)16-4-3-11-22-16/h3-6,9-11,14,18-19H,2,7-8,12H2,1H3. The molecule has 0 spiro atoms. The minimum Gasteiger partial charge on any atom is -0.466 e. The molecule has 0 bridgehead atoms. The monoisotopic (exact) mass is 335 g/mol. The number of nitrogens with one attached hydrogen (secondary N) is 1. The van der Waals surface area contributed by atoms with Gasteiger partial charge in [0.05, 0.1) is 11.2 Å². The normalized spacial score (nSPS) is 17.8. The fourth-order valence-corrected chi connectivity index (χ4v) is 3.78. The molecule has 1 aliphatic rings. The maximum atomic E-state index is 12.4. The van der Waals surface area contributed by atoms with Gasteiger partial charge < -0.3 is 9.52 Å². The Morgan fingerprint density at radius 2 is 1.96 bits per heavy atom. The van der Waals surface area contributed by atoms with Gasteiger partial charge in [0.15, 0.2) is 0 Å². The summed E-state index contributed by atoms with van der Waals surface area (Å²) in [7, 11) is -3.67. The molecule has 1 saturated carbocycles. The van der Waals surface area contributed by atoms with Crippen LogP contribution in [0.3, 0.4) is 0 Å². The van der Waals surface area contributed by atoms with E-state index < -0.39 is 15.6 Å². The number of benzene rings is 1. The second kappa shape index (κ2) is 6.11. The van der Waals surface area contributed by atoms with E-state index in [2.05, 4.69) is 4.72 Å². The van der Waals surface area contributed by atoms with Crippen LogP contribution < -0.4 is 4.72 Å². The van der Waals surface area contributed by atoms with Crippen LogP contribution >= 0.6 is 0 Å². The highest BCUT2D eigenvalue weighted by atomic mass is 32.2. The van der Waals surface area contributed by atoms with Gasteiger partial charge in [-0.15, -0.1) is 0 Å². The summed E-state index contributed by atoms with van der Waals surface area (Å²) in [4.78, 5) is 0.201. The largest absolute Gasteiger partial charge is 0.466 e. The van der Waals surface area contributed by atoms with Gasteiger partial charge in [-0.3, -0.25) is 0 Å². The smallest absolute Gasteiger partial charge is 0.240 e. The Hall–Kier alpha value is -1.63. The lowest BCUT2D eigenvalue weighted by molar-refractivity contribution is -0.00224. The van der Waals surface area contributed by atoms with Crippen molar-refractivity contribution in [3.63, 3.8) is 0 Å². The molecule has 1 unspecified atom stereocenters. The third-order valence-corrected chi connectivity index (χ3v) is 5.79. The first-order valence-electron chi connectivity index (χ1n) is 7.80. The zero-order valence-corrected chi connectivity index (χ0v) is 13.8. The van der Waals surface area contributed by atoms with Gasteiger partial charge in [-0.1, -0.05) is 19.1 Å². The average molecular weight is 335 g/mol. The fourth-order valence-electron chi connectivity index (χ4n) is 2.71. The molecule has 2 N–H and O–H groups in total. The van der Waals surface area contributed by atoms with Crippen molar-refractivity contribution in [2.24, 2.45) is 5.92 Å². The van der Waals surface area contributed by atoms with E-state index in [1.807, 2.05) is 6.92 Å². The lowest BCUT2D eigenvalue weighted by Crippen LogP contribution is -2.42. The molecule has 0 saturated heterocycles. The molecular weight excluding hydrogens is 314 g/mol. The molecule has 3 rings (SSSR count). The maximum absolute atomic E-state index is 12.4. The summed E-state index contributed by atoms with van der Waals surface area (Å²) < 4.78 is 32.7. The van der Waals surface area contributed by atoms with Crippen LogP contribution in [0.15, 0.2) is 52.0 Å². The second-order valence-corrected chi connectivity index (χ2v) is 7.76. The highest BCUT2D eigenvalue weighted by Gasteiger charge is 2.47. The van der Waals surface area contributed by atoms with E-state index in [-0.39, 0.29) is 17.4 Å². The molecule has 5 nitrogen and oxygen atoms in total. The summed E-state index contributed by atoms with van der Waals surface area (Å²) >= 11 is 0. The molecule has 0 amide bonds. The molecule has 6 heteroatoms. The van der Waals surface area contributed by atoms with Gasteiger partial charge >= 0.3 is 0 Å². The first-order chi connectivity index (χ1) is 11.0. The van der Waals surface area contributed by atoms with Gasteiger partial charge in [-0.25, -0.2) is 13.1 Å². The van der Waals surface area contributed by atoms with E-state index in [1.165, 1.54) is 6.26 Å². The molecule has 1 aromatic carbocycles. The van der Waals surface area contributed by atoms with Gasteiger partial charge in [0.1, 0.15) is 11.4 Å². The second-order valence-electron chi connectivity index (χ2n) is 6.00. The molecular formula is C17H21NO4S. The van der Waals surface area contributed by atoms with Gasteiger partial charge in [-0.05, 0) is 55.0 Å². The molecule has 0 aliphatic heterocycles. The van der Waals surface area contributed by atoms with Crippen molar-refractivity contribution < 1.29 is 17.9 Å². The van der Waals surface area contributed by atoms with Crippen LogP contribution in [-0.2, 0) is 22.0 Å². The maximum Gasteiger partial charge on any atom is 0.240 e. The van der Waals surface area contributed by atoms with Crippen LogP contribution in [0.2, 0.25) is 0 Å². The van der Waals surface area contributed by atoms with Crippen molar-refractivity contribution in [3.05, 3.63) is 54.0 Å². The Bertz CT molecular complexity index is 748. The van der Waals surface area contributed by atoms with E-state index >= 15 is 0 Å². The van der Waals surface area contributed by atoms with Crippen molar-refractivity contribution >= 4 is 10.0 Å². The van der Waals surface area contributed by atoms with Crippen LogP contribution in [0.25, 0.3) is 0 Å². The van der Waals surface area contributed by atoms with Crippen molar-refractivity contribution in [1.82, 2.24) is 4.72 Å². The molecule has 1 aliphatic carbocycles. The molecule has 0 radical (unpaired) electrons. The lowest BCUT2D eigenvalue weighted by Gasteiger charge is -2.26. The predicted molar refractivity (Wildman–Crippen MR) is 86.3 cm³/mol. The van der Waals surface area contributed by atoms with Crippen LogP contribution in [0.5, 0.6) is 0 Å². The van der Waals surface area contributed by atoms with Crippen molar-refractivity contribution in [1.29, 1.82) is 0 Å². The molecule has 124 valence electrons. The predicted octanol–water partition coefficient (Wildman–Crippen LogP) is 2.42. The molecule has 23 heavy (non-hydrogen) atoms. The fraction of sp³-hybridized carbons (Fsp3) is 0.412. The lowest BCUT2D eigenvalue weighted by atomic mass is 9.95. The number of furan rings is 1. The van der Waals surface area contributed by atoms with Crippen LogP contribution in [0.4, 0.5) is 0 Å². The summed E-state index contributed by atoms with van der Waals surface area (Å²) in [6.45, 7) is 1.92. The van der Waals surface area contributed by atoms with Gasteiger partial charge in [0.25, 0.3) is 0 Å². The minimum absolute atomic E-state index is 0.0267. The van der Waals surface area contributed by atoms with Gasteiger partial charge in [0.2, 0.25) is 10.0 Å². The van der Waals surface area contributed by atoms with Gasteiger partial charge in [-0.2, -0.15) is 0 Å². The van der Waals surface area contributed by atoms with Crippen molar-refractivity contribution in [2.45, 2.75) is 36.7 Å². The highest BCUT2D eigenvalue weighted by molar-refractivity contribution is 7.89. The van der Waals surface area contributed by atoms with E-state index in [0.29, 0.717) is 5.76 Å². The molecule has 1 fully saturated rings. The van der Waals surface area contributed by atoms with Crippen LogP contribution in [0, 0.1) is 5.92 Å². The summed E-state index contributed by atoms with van der Waals surface area (Å²) in [5.74, 6) is 0.433. The van der Waals surface area contributed by atoms with E-state index in [9.17, 15) is 13.5 Å². The van der Waals surface area contributed by atoms with E-state index in [1.54, 1.807) is 36.4 Å². The minimum atomic E-state index is -3.67. The summed E-state index contributed by atoms with van der Waals surface area (Å²) in [5, 5.41) is 10.9. The Kier molecular flexibility index (Phi) is 4.31. The van der Waals surface area contributed by atoms with Crippen molar-refractivity contribution in [2.75, 3.05) is 6.54 Å². The SMILES string of the molecule is CCc1ccc(S(=O)(=O)NCC(O)(c2ccco2)C2CC2)cc1. The zero-order valence-electron chi connectivity index (χ0n) is 13.0. The average Bonchev–Trinajstić information content (AvgIpc) is 3.28. The van der Waals surface area contributed by atoms with E-state index in [0.717, 1.165) is 24.8 Å². The first-order valence-corrected chi connectivity index (χ1v) is 9.29. The molecule has 1 aromatic heterocycles. The third-order valence-electron chi connectivity index (χ3n) is 4.37. The Morgan fingerprint density at radius 3 is 2.48 bits per heavy atom. The number of rotatable bonds is 7. The van der Waals surface area contributed by atoms with Gasteiger partial charge in [0, 0.05) is 6.54 Å². The summed E-state index contributed by atoms with van der Waals surface area (Å²) in [5.41, 5.74) is -0.214. The Balaban J connectivity index is 1.77. The molecule has 1 atom stereocenters. The topological polar surface area (TPSA) is 79.5 Å². The van der Waals surface area contributed by atoms with E-state index in [4.69, 9.17) is 4.42 Å². The zero-order chi connectivity index (χ0) is 16.5. The Morgan fingerprint density at radius 1 is 1.26 bits per heavy atom. The highest BCUT2D eigenvalue weighted by Crippen LogP contribution is 2.45. The summed E-state index contributed by atoms with van der Waals surface area (Å²) in [6.07, 6.45) is 4.07. The quantitative estimate of drug-likeness (QED) is 0.814.